The standard InChI is InChI=1S/C12H20N4O/c1-3-8-17-12-11(14-5-6-15-12)16-7-4-10(9-16)13-2/h5-6,10,13H,3-4,7-9H2,1-2H3/t10-/m1/s1. The molecule has 94 valence electrons. The Hall–Kier alpha value is -1.36. The summed E-state index contributed by atoms with van der Waals surface area (Å²) in [6, 6.07) is 0.538. The molecule has 0 saturated carbocycles. The molecule has 5 heteroatoms. The zero-order valence-electron chi connectivity index (χ0n) is 10.5. The van der Waals surface area contributed by atoms with Gasteiger partial charge in [-0.25, -0.2) is 9.97 Å². The molecule has 1 aliphatic rings. The number of rotatable bonds is 5. The predicted octanol–water partition coefficient (Wildman–Crippen LogP) is 1.06. The molecule has 0 aliphatic carbocycles. The predicted molar refractivity (Wildman–Crippen MR) is 67.5 cm³/mol. The van der Waals surface area contributed by atoms with Gasteiger partial charge in [0.2, 0.25) is 0 Å². The van der Waals surface area contributed by atoms with Crippen molar-refractivity contribution in [2.45, 2.75) is 25.8 Å². The lowest BCUT2D eigenvalue weighted by atomic mass is 10.3. The first-order valence-electron chi connectivity index (χ1n) is 6.21. The zero-order valence-corrected chi connectivity index (χ0v) is 10.5. The van der Waals surface area contributed by atoms with E-state index < -0.39 is 0 Å². The van der Waals surface area contributed by atoms with E-state index in [1.807, 2.05) is 7.05 Å². The number of aromatic nitrogens is 2. The molecule has 0 spiro atoms. The molecule has 1 aromatic rings. The second-order valence-corrected chi connectivity index (χ2v) is 4.25. The van der Waals surface area contributed by atoms with Crippen LogP contribution in [0, 0.1) is 0 Å². The summed E-state index contributed by atoms with van der Waals surface area (Å²) in [5.41, 5.74) is 0. The average molecular weight is 236 g/mol. The molecule has 1 N–H and O–H groups in total. The highest BCUT2D eigenvalue weighted by Gasteiger charge is 2.24. The lowest BCUT2D eigenvalue weighted by molar-refractivity contribution is 0.304. The minimum atomic E-state index is 0.538. The Kier molecular flexibility index (Phi) is 4.14. The highest BCUT2D eigenvalue weighted by molar-refractivity contribution is 5.48. The number of hydrogen-bond donors (Lipinski definition) is 1. The molecule has 0 amide bonds. The molecule has 1 saturated heterocycles. The van der Waals surface area contributed by atoms with Gasteiger partial charge in [-0.15, -0.1) is 0 Å². The zero-order chi connectivity index (χ0) is 12.1. The summed E-state index contributed by atoms with van der Waals surface area (Å²) in [6.45, 7) is 4.75. The number of nitrogens with zero attached hydrogens (tertiary/aromatic N) is 3. The molecule has 0 aromatic carbocycles. The van der Waals surface area contributed by atoms with E-state index >= 15 is 0 Å². The van der Waals surface area contributed by atoms with Gasteiger partial charge < -0.3 is 15.0 Å². The molecule has 5 nitrogen and oxygen atoms in total. The largest absolute Gasteiger partial charge is 0.475 e. The van der Waals surface area contributed by atoms with Crippen LogP contribution in [0.4, 0.5) is 5.82 Å². The Labute approximate surface area is 102 Å². The van der Waals surface area contributed by atoms with Gasteiger partial charge in [0, 0.05) is 31.5 Å². The van der Waals surface area contributed by atoms with E-state index in [0.717, 1.165) is 31.7 Å². The molecule has 1 fully saturated rings. The first-order chi connectivity index (χ1) is 8.35. The van der Waals surface area contributed by atoms with Crippen molar-refractivity contribution in [3.8, 4) is 5.88 Å². The Morgan fingerprint density at radius 1 is 1.47 bits per heavy atom. The number of likely N-dealkylation sites (N-methyl/N-ethyl adjacent to an activating group) is 1. The van der Waals surface area contributed by atoms with Gasteiger partial charge in [-0.1, -0.05) is 6.92 Å². The normalized spacial score (nSPS) is 19.6. The van der Waals surface area contributed by atoms with E-state index in [1.54, 1.807) is 12.4 Å². The van der Waals surface area contributed by atoms with Crippen LogP contribution in [0.5, 0.6) is 5.88 Å². The third-order valence-electron chi connectivity index (χ3n) is 2.99. The Morgan fingerprint density at radius 3 is 3.00 bits per heavy atom. The van der Waals surface area contributed by atoms with Crippen molar-refractivity contribution in [3.63, 3.8) is 0 Å². The summed E-state index contributed by atoms with van der Waals surface area (Å²) in [5, 5.41) is 3.30. The van der Waals surface area contributed by atoms with Crippen molar-refractivity contribution in [2.75, 3.05) is 31.6 Å². The molecular weight excluding hydrogens is 216 g/mol. The van der Waals surface area contributed by atoms with Crippen molar-refractivity contribution in [3.05, 3.63) is 12.4 Å². The van der Waals surface area contributed by atoms with Crippen molar-refractivity contribution in [1.29, 1.82) is 0 Å². The number of nitrogens with one attached hydrogen (secondary N) is 1. The monoisotopic (exact) mass is 236 g/mol. The van der Waals surface area contributed by atoms with Gasteiger partial charge in [0.25, 0.3) is 5.88 Å². The summed E-state index contributed by atoms with van der Waals surface area (Å²) in [6.07, 6.45) is 5.52. The Balaban J connectivity index is 2.09. The fraction of sp³-hybridized carbons (Fsp3) is 0.667. The van der Waals surface area contributed by atoms with E-state index in [0.29, 0.717) is 18.5 Å². The lowest BCUT2D eigenvalue weighted by Crippen LogP contribution is -2.30. The van der Waals surface area contributed by atoms with Gasteiger partial charge in [0.1, 0.15) is 0 Å². The molecule has 0 radical (unpaired) electrons. The number of anilines is 1. The minimum absolute atomic E-state index is 0.538. The van der Waals surface area contributed by atoms with E-state index in [9.17, 15) is 0 Å². The topological polar surface area (TPSA) is 50.3 Å². The van der Waals surface area contributed by atoms with Crippen LogP contribution in [0.2, 0.25) is 0 Å². The van der Waals surface area contributed by atoms with Gasteiger partial charge in [-0.05, 0) is 19.9 Å². The van der Waals surface area contributed by atoms with Crippen LogP contribution in [-0.2, 0) is 0 Å². The maximum absolute atomic E-state index is 5.63. The van der Waals surface area contributed by atoms with Crippen molar-refractivity contribution < 1.29 is 4.74 Å². The molecule has 0 bridgehead atoms. The summed E-state index contributed by atoms with van der Waals surface area (Å²) in [5.74, 6) is 1.53. The van der Waals surface area contributed by atoms with Crippen molar-refractivity contribution in [1.82, 2.24) is 15.3 Å². The first kappa shape index (κ1) is 12.1. The first-order valence-corrected chi connectivity index (χ1v) is 6.21. The highest BCUT2D eigenvalue weighted by Crippen LogP contribution is 2.26. The van der Waals surface area contributed by atoms with Gasteiger partial charge >= 0.3 is 0 Å². The summed E-state index contributed by atoms with van der Waals surface area (Å²) < 4.78 is 5.63. The molecule has 1 aromatic heterocycles. The van der Waals surface area contributed by atoms with Gasteiger partial charge in [-0.3, -0.25) is 0 Å². The maximum Gasteiger partial charge on any atom is 0.257 e. The van der Waals surface area contributed by atoms with Crippen LogP contribution in [0.25, 0.3) is 0 Å². The van der Waals surface area contributed by atoms with Crippen LogP contribution in [0.15, 0.2) is 12.4 Å². The fourth-order valence-corrected chi connectivity index (χ4v) is 2.02. The van der Waals surface area contributed by atoms with E-state index in [2.05, 4.69) is 27.1 Å². The molecular formula is C12H20N4O. The second-order valence-electron chi connectivity index (χ2n) is 4.25. The smallest absolute Gasteiger partial charge is 0.257 e. The van der Waals surface area contributed by atoms with E-state index in [4.69, 9.17) is 4.74 Å². The van der Waals surface area contributed by atoms with Gasteiger partial charge in [-0.2, -0.15) is 0 Å². The summed E-state index contributed by atoms with van der Waals surface area (Å²) in [7, 11) is 2.00. The van der Waals surface area contributed by atoms with E-state index in [-0.39, 0.29) is 0 Å². The van der Waals surface area contributed by atoms with Crippen LogP contribution in [0.3, 0.4) is 0 Å². The quantitative estimate of drug-likeness (QED) is 0.828. The Bertz CT molecular complexity index is 358. The van der Waals surface area contributed by atoms with Crippen molar-refractivity contribution in [2.24, 2.45) is 0 Å². The summed E-state index contributed by atoms with van der Waals surface area (Å²) in [4.78, 5) is 10.9. The summed E-state index contributed by atoms with van der Waals surface area (Å²) >= 11 is 0. The molecule has 1 atom stereocenters. The van der Waals surface area contributed by atoms with Crippen LogP contribution in [0.1, 0.15) is 19.8 Å². The average Bonchev–Trinajstić information content (AvgIpc) is 2.85. The highest BCUT2D eigenvalue weighted by atomic mass is 16.5. The third-order valence-corrected chi connectivity index (χ3v) is 2.99. The van der Waals surface area contributed by atoms with Crippen LogP contribution >= 0.6 is 0 Å². The van der Waals surface area contributed by atoms with Crippen molar-refractivity contribution >= 4 is 5.82 Å². The number of ether oxygens (including phenoxy) is 1. The van der Waals surface area contributed by atoms with Gasteiger partial charge in [0.15, 0.2) is 5.82 Å². The minimum Gasteiger partial charge on any atom is -0.475 e. The SMILES string of the molecule is CCCOc1nccnc1N1CC[C@@H](NC)C1. The van der Waals surface area contributed by atoms with Crippen LogP contribution in [-0.4, -0.2) is 42.8 Å². The lowest BCUT2D eigenvalue weighted by Gasteiger charge is -2.19. The Morgan fingerprint density at radius 2 is 2.29 bits per heavy atom. The molecule has 2 rings (SSSR count). The van der Waals surface area contributed by atoms with Gasteiger partial charge in [0.05, 0.1) is 6.61 Å². The number of hydrogen-bond acceptors (Lipinski definition) is 5. The third kappa shape index (κ3) is 2.85. The molecule has 1 aliphatic heterocycles. The molecule has 0 unspecified atom stereocenters. The second kappa shape index (κ2) is 5.82. The molecule has 2 heterocycles. The molecule has 17 heavy (non-hydrogen) atoms. The van der Waals surface area contributed by atoms with Crippen LogP contribution < -0.4 is 15.0 Å². The fourth-order valence-electron chi connectivity index (χ4n) is 2.02. The maximum atomic E-state index is 5.63. The van der Waals surface area contributed by atoms with E-state index in [1.165, 1.54) is 0 Å².